The molecule has 0 radical (unpaired) electrons. The third kappa shape index (κ3) is 8.43. The highest BCUT2D eigenvalue weighted by atomic mass is 32.2. The Kier molecular flexibility index (Phi) is 7.00. The van der Waals surface area contributed by atoms with Gasteiger partial charge in [-0.15, -0.1) is 6.58 Å². The van der Waals surface area contributed by atoms with Crippen molar-refractivity contribution in [3.8, 4) is 0 Å². The molecule has 0 spiro atoms. The van der Waals surface area contributed by atoms with Crippen molar-refractivity contribution < 1.29 is 13.2 Å². The molecule has 0 aromatic carbocycles. The topological polar surface area (TPSA) is 75.3 Å². The molecule has 1 atom stereocenters. The van der Waals surface area contributed by atoms with E-state index >= 15 is 0 Å². The predicted molar refractivity (Wildman–Crippen MR) is 65.0 cm³/mol. The fraction of sp³-hybridized carbons (Fsp3) is 0.700. The van der Waals surface area contributed by atoms with Crippen LogP contribution in [0.3, 0.4) is 0 Å². The van der Waals surface area contributed by atoms with Crippen LogP contribution in [-0.4, -0.2) is 45.5 Å². The van der Waals surface area contributed by atoms with Gasteiger partial charge in [-0.3, -0.25) is 4.79 Å². The van der Waals surface area contributed by atoms with E-state index in [0.29, 0.717) is 19.5 Å². The maximum atomic E-state index is 11.4. The average molecular weight is 248 g/mol. The molecule has 0 aliphatic carbocycles. The lowest BCUT2D eigenvalue weighted by atomic mass is 10.3. The molecule has 6 heteroatoms. The first-order chi connectivity index (χ1) is 7.37. The van der Waals surface area contributed by atoms with Gasteiger partial charge in [-0.25, -0.2) is 8.42 Å². The van der Waals surface area contributed by atoms with Crippen LogP contribution in [0.15, 0.2) is 12.7 Å². The SMILES string of the molecule is C=CCNC(=O)C(C)NCCCS(C)(=O)=O. The van der Waals surface area contributed by atoms with Crippen molar-refractivity contribution in [3.05, 3.63) is 12.7 Å². The Bertz CT molecular complexity index is 325. The number of sulfone groups is 1. The van der Waals surface area contributed by atoms with Crippen molar-refractivity contribution >= 4 is 15.7 Å². The van der Waals surface area contributed by atoms with Gasteiger partial charge in [0.25, 0.3) is 0 Å². The summed E-state index contributed by atoms with van der Waals surface area (Å²) in [5, 5.41) is 5.60. The van der Waals surface area contributed by atoms with Gasteiger partial charge in [0.05, 0.1) is 11.8 Å². The van der Waals surface area contributed by atoms with Crippen molar-refractivity contribution in [2.45, 2.75) is 19.4 Å². The molecule has 0 aromatic heterocycles. The Morgan fingerprint density at radius 2 is 2.12 bits per heavy atom. The average Bonchev–Trinajstić information content (AvgIpc) is 2.19. The van der Waals surface area contributed by atoms with E-state index in [-0.39, 0.29) is 17.7 Å². The largest absolute Gasteiger partial charge is 0.351 e. The van der Waals surface area contributed by atoms with Crippen molar-refractivity contribution in [1.82, 2.24) is 10.6 Å². The number of rotatable bonds is 8. The lowest BCUT2D eigenvalue weighted by molar-refractivity contribution is -0.122. The lowest BCUT2D eigenvalue weighted by Gasteiger charge is -2.12. The van der Waals surface area contributed by atoms with E-state index in [1.165, 1.54) is 6.26 Å². The molecule has 0 heterocycles. The molecule has 0 aliphatic rings. The van der Waals surface area contributed by atoms with Crippen molar-refractivity contribution in [2.75, 3.05) is 25.1 Å². The molecule has 0 rings (SSSR count). The Labute approximate surface area is 97.2 Å². The zero-order valence-corrected chi connectivity index (χ0v) is 10.6. The predicted octanol–water partition coefficient (Wildman–Crippen LogP) is -0.299. The second kappa shape index (κ2) is 7.40. The smallest absolute Gasteiger partial charge is 0.237 e. The number of nitrogens with one attached hydrogen (secondary N) is 2. The quantitative estimate of drug-likeness (QED) is 0.457. The molecular formula is C10H20N2O3S. The second-order valence-electron chi connectivity index (χ2n) is 3.69. The molecule has 0 aliphatic heterocycles. The maximum absolute atomic E-state index is 11.4. The van der Waals surface area contributed by atoms with E-state index in [1.54, 1.807) is 13.0 Å². The minimum absolute atomic E-state index is 0.112. The van der Waals surface area contributed by atoms with Crippen LogP contribution < -0.4 is 10.6 Å². The number of hydrogen-bond acceptors (Lipinski definition) is 4. The van der Waals surface area contributed by atoms with Crippen molar-refractivity contribution in [1.29, 1.82) is 0 Å². The molecule has 94 valence electrons. The Hall–Kier alpha value is -0.880. The fourth-order valence-corrected chi connectivity index (χ4v) is 1.74. The Balaban J connectivity index is 3.68. The van der Waals surface area contributed by atoms with Crippen molar-refractivity contribution in [2.24, 2.45) is 0 Å². The van der Waals surface area contributed by atoms with Gasteiger partial charge in [-0.05, 0) is 19.9 Å². The summed E-state index contributed by atoms with van der Waals surface area (Å²) in [5.74, 6) is 0.0281. The maximum Gasteiger partial charge on any atom is 0.237 e. The lowest BCUT2D eigenvalue weighted by Crippen LogP contribution is -2.42. The number of carbonyl (C=O) groups excluding carboxylic acids is 1. The minimum atomic E-state index is -2.91. The zero-order valence-electron chi connectivity index (χ0n) is 9.82. The standard InChI is InChI=1S/C10H20N2O3S/c1-4-6-12-10(13)9(2)11-7-5-8-16(3,14)15/h4,9,11H,1,5-8H2,2-3H3,(H,12,13). The summed E-state index contributed by atoms with van der Waals surface area (Å²) < 4.78 is 21.7. The normalized spacial score (nSPS) is 13.1. The van der Waals surface area contributed by atoms with Gasteiger partial charge in [0.2, 0.25) is 5.91 Å². The third-order valence-corrected chi connectivity index (χ3v) is 2.99. The fourth-order valence-electron chi connectivity index (χ4n) is 1.07. The number of carbonyl (C=O) groups is 1. The summed E-state index contributed by atoms with van der Waals surface area (Å²) in [7, 11) is -2.91. The minimum Gasteiger partial charge on any atom is -0.351 e. The second-order valence-corrected chi connectivity index (χ2v) is 5.95. The van der Waals surface area contributed by atoms with E-state index in [1.807, 2.05) is 0 Å². The molecule has 0 aromatic rings. The summed E-state index contributed by atoms with van der Waals surface area (Å²) >= 11 is 0. The van der Waals surface area contributed by atoms with Gasteiger partial charge >= 0.3 is 0 Å². The van der Waals surface area contributed by atoms with Gasteiger partial charge < -0.3 is 10.6 Å². The summed E-state index contributed by atoms with van der Waals surface area (Å²) in [6, 6.07) is -0.320. The molecule has 5 nitrogen and oxygen atoms in total. The summed E-state index contributed by atoms with van der Waals surface area (Å²) in [6.45, 7) is 6.18. The zero-order chi connectivity index (χ0) is 12.6. The highest BCUT2D eigenvalue weighted by Crippen LogP contribution is 1.89. The van der Waals surface area contributed by atoms with Crippen LogP contribution in [0.1, 0.15) is 13.3 Å². The Morgan fingerprint density at radius 1 is 1.50 bits per heavy atom. The highest BCUT2D eigenvalue weighted by molar-refractivity contribution is 7.90. The van der Waals surface area contributed by atoms with Crippen LogP contribution in [0, 0.1) is 0 Å². The van der Waals surface area contributed by atoms with Crippen LogP contribution in [0.2, 0.25) is 0 Å². The molecule has 0 saturated carbocycles. The van der Waals surface area contributed by atoms with Gasteiger partial charge in [-0.2, -0.15) is 0 Å². The van der Waals surface area contributed by atoms with Crippen LogP contribution in [0.5, 0.6) is 0 Å². The van der Waals surface area contributed by atoms with E-state index in [0.717, 1.165) is 0 Å². The van der Waals surface area contributed by atoms with Crippen LogP contribution in [-0.2, 0) is 14.6 Å². The first-order valence-electron chi connectivity index (χ1n) is 5.16. The summed E-state index contributed by atoms with van der Waals surface area (Å²) in [6.07, 6.45) is 3.32. The van der Waals surface area contributed by atoms with Gasteiger partial charge in [0.15, 0.2) is 0 Å². The number of hydrogen-bond donors (Lipinski definition) is 2. The third-order valence-electron chi connectivity index (χ3n) is 1.96. The molecule has 0 fully saturated rings. The molecule has 1 unspecified atom stereocenters. The molecule has 1 amide bonds. The van der Waals surface area contributed by atoms with Gasteiger partial charge in [-0.1, -0.05) is 6.08 Å². The molecule has 2 N–H and O–H groups in total. The van der Waals surface area contributed by atoms with Gasteiger partial charge in [0, 0.05) is 12.8 Å². The summed E-state index contributed by atoms with van der Waals surface area (Å²) in [4.78, 5) is 11.4. The first-order valence-corrected chi connectivity index (χ1v) is 7.22. The van der Waals surface area contributed by atoms with E-state index in [4.69, 9.17) is 0 Å². The van der Waals surface area contributed by atoms with E-state index in [2.05, 4.69) is 17.2 Å². The van der Waals surface area contributed by atoms with E-state index < -0.39 is 9.84 Å². The van der Waals surface area contributed by atoms with Crippen molar-refractivity contribution in [3.63, 3.8) is 0 Å². The van der Waals surface area contributed by atoms with Gasteiger partial charge in [0.1, 0.15) is 9.84 Å². The van der Waals surface area contributed by atoms with Crippen LogP contribution >= 0.6 is 0 Å². The molecule has 0 saturated heterocycles. The van der Waals surface area contributed by atoms with Crippen LogP contribution in [0.25, 0.3) is 0 Å². The number of amides is 1. The molecular weight excluding hydrogens is 228 g/mol. The molecule has 16 heavy (non-hydrogen) atoms. The Morgan fingerprint density at radius 3 is 2.62 bits per heavy atom. The highest BCUT2D eigenvalue weighted by Gasteiger charge is 2.10. The molecule has 0 bridgehead atoms. The van der Waals surface area contributed by atoms with Crippen LogP contribution in [0.4, 0.5) is 0 Å². The monoisotopic (exact) mass is 248 g/mol. The first kappa shape index (κ1) is 15.1. The van der Waals surface area contributed by atoms with E-state index in [9.17, 15) is 13.2 Å². The summed E-state index contributed by atoms with van der Waals surface area (Å²) in [5.41, 5.74) is 0.